The predicted molar refractivity (Wildman–Crippen MR) is 66.9 cm³/mol. The first-order chi connectivity index (χ1) is 10.1. The molecule has 0 atom stereocenters. The molecule has 0 heterocycles. The number of carbonyl (C=O) groups is 2. The lowest BCUT2D eigenvalue weighted by atomic mass is 10.2. The largest absolute Gasteiger partial charge is 0.452 e. The highest BCUT2D eigenvalue weighted by Gasteiger charge is 2.28. The molecule has 0 unspecified atom stereocenters. The molecule has 0 saturated heterocycles. The predicted octanol–water partition coefficient (Wildman–Crippen LogP) is 1.01. The van der Waals surface area contributed by atoms with E-state index in [4.69, 9.17) is 5.73 Å². The van der Waals surface area contributed by atoms with Gasteiger partial charge in [0.2, 0.25) is 0 Å². The number of benzene rings is 1. The van der Waals surface area contributed by atoms with E-state index in [2.05, 4.69) is 4.74 Å². The summed E-state index contributed by atoms with van der Waals surface area (Å²) in [7, 11) is 0. The van der Waals surface area contributed by atoms with Crippen LogP contribution in [0.1, 0.15) is 10.4 Å². The standard InChI is InChI=1S/C11H10F3N3O5/c12-11(13,14)5-16-9(18)4-22-10(19)6-1-2-7(15)8(3-6)17(20)21/h1-3H,4-5,15H2,(H,16,18). The van der Waals surface area contributed by atoms with Crippen LogP contribution in [0, 0.1) is 10.1 Å². The van der Waals surface area contributed by atoms with Crippen molar-refractivity contribution in [2.75, 3.05) is 18.9 Å². The molecule has 0 fully saturated rings. The van der Waals surface area contributed by atoms with Crippen LogP contribution in [0.3, 0.4) is 0 Å². The van der Waals surface area contributed by atoms with Crippen molar-refractivity contribution in [1.82, 2.24) is 5.32 Å². The first kappa shape index (κ1) is 17.2. The van der Waals surface area contributed by atoms with Crippen LogP contribution in [0.4, 0.5) is 24.5 Å². The molecule has 1 aromatic carbocycles. The number of rotatable bonds is 5. The molecule has 120 valence electrons. The van der Waals surface area contributed by atoms with E-state index in [1.165, 1.54) is 5.32 Å². The molecule has 0 aliphatic carbocycles. The second kappa shape index (κ2) is 6.74. The number of alkyl halides is 3. The summed E-state index contributed by atoms with van der Waals surface area (Å²) >= 11 is 0. The van der Waals surface area contributed by atoms with Crippen molar-refractivity contribution >= 4 is 23.3 Å². The number of anilines is 1. The summed E-state index contributed by atoms with van der Waals surface area (Å²) in [6, 6.07) is 3.06. The van der Waals surface area contributed by atoms with E-state index in [1.807, 2.05) is 0 Å². The van der Waals surface area contributed by atoms with E-state index in [0.29, 0.717) is 0 Å². The average molecular weight is 321 g/mol. The van der Waals surface area contributed by atoms with E-state index in [0.717, 1.165) is 18.2 Å². The second-order valence-electron chi connectivity index (χ2n) is 4.00. The van der Waals surface area contributed by atoms with E-state index < -0.39 is 41.8 Å². The fourth-order valence-electron chi connectivity index (χ4n) is 1.29. The number of carbonyl (C=O) groups excluding carboxylic acids is 2. The van der Waals surface area contributed by atoms with Crippen LogP contribution in [0.2, 0.25) is 0 Å². The number of hydrogen-bond acceptors (Lipinski definition) is 6. The SMILES string of the molecule is Nc1ccc(C(=O)OCC(=O)NCC(F)(F)F)cc1[N+](=O)[O-]. The minimum absolute atomic E-state index is 0.176. The smallest absolute Gasteiger partial charge is 0.405 e. The molecule has 1 rings (SSSR count). The number of nitrogens with two attached hydrogens (primary N) is 1. The molecule has 0 aliphatic rings. The van der Waals surface area contributed by atoms with Crippen LogP contribution >= 0.6 is 0 Å². The highest BCUT2D eigenvalue weighted by molar-refractivity contribution is 5.92. The minimum Gasteiger partial charge on any atom is -0.452 e. The maximum atomic E-state index is 11.8. The molecule has 0 aromatic heterocycles. The maximum absolute atomic E-state index is 11.8. The Hall–Kier alpha value is -2.85. The average Bonchev–Trinajstić information content (AvgIpc) is 2.41. The summed E-state index contributed by atoms with van der Waals surface area (Å²) in [5.41, 5.74) is 4.36. The van der Waals surface area contributed by atoms with Crippen molar-refractivity contribution in [1.29, 1.82) is 0 Å². The summed E-state index contributed by atoms with van der Waals surface area (Å²) in [6.07, 6.45) is -4.59. The number of ether oxygens (including phenoxy) is 1. The summed E-state index contributed by atoms with van der Waals surface area (Å²) in [5.74, 6) is -2.26. The topological polar surface area (TPSA) is 125 Å². The molecule has 0 aliphatic heterocycles. The van der Waals surface area contributed by atoms with E-state index in [1.54, 1.807) is 0 Å². The Balaban J connectivity index is 2.61. The normalized spacial score (nSPS) is 10.9. The minimum atomic E-state index is -4.59. The monoisotopic (exact) mass is 321 g/mol. The van der Waals surface area contributed by atoms with Gasteiger partial charge in [-0.1, -0.05) is 0 Å². The lowest BCUT2D eigenvalue weighted by Crippen LogP contribution is -2.36. The second-order valence-corrected chi connectivity index (χ2v) is 4.00. The Labute approximate surface area is 121 Å². The molecule has 0 radical (unpaired) electrons. The Morgan fingerprint density at radius 2 is 2.00 bits per heavy atom. The van der Waals surface area contributed by atoms with Gasteiger partial charge in [0.25, 0.3) is 11.6 Å². The van der Waals surface area contributed by atoms with Crippen LogP contribution in [0.15, 0.2) is 18.2 Å². The molecular weight excluding hydrogens is 311 g/mol. The number of halogens is 3. The molecule has 3 N–H and O–H groups in total. The van der Waals surface area contributed by atoms with Crippen LogP contribution < -0.4 is 11.1 Å². The summed E-state index contributed by atoms with van der Waals surface area (Å²) in [4.78, 5) is 32.4. The van der Waals surface area contributed by atoms with Crippen LogP contribution in [-0.4, -0.2) is 36.1 Å². The third-order valence-corrected chi connectivity index (χ3v) is 2.28. The number of esters is 1. The zero-order valence-corrected chi connectivity index (χ0v) is 10.8. The Kier molecular flexibility index (Phi) is 5.27. The number of nitrogens with zero attached hydrogens (tertiary/aromatic N) is 1. The van der Waals surface area contributed by atoms with E-state index >= 15 is 0 Å². The first-order valence-electron chi connectivity index (χ1n) is 5.64. The molecule has 22 heavy (non-hydrogen) atoms. The van der Waals surface area contributed by atoms with Gasteiger partial charge in [-0.25, -0.2) is 4.79 Å². The number of nitrogen functional groups attached to an aromatic ring is 1. The van der Waals surface area contributed by atoms with Crippen LogP contribution in [0.5, 0.6) is 0 Å². The zero-order chi connectivity index (χ0) is 16.9. The van der Waals surface area contributed by atoms with E-state index in [9.17, 15) is 32.9 Å². The van der Waals surface area contributed by atoms with Crippen molar-refractivity contribution in [2.24, 2.45) is 0 Å². The summed E-state index contributed by atoms with van der Waals surface area (Å²) < 4.78 is 40.0. The molecule has 8 nitrogen and oxygen atoms in total. The maximum Gasteiger partial charge on any atom is 0.405 e. The van der Waals surface area contributed by atoms with Gasteiger partial charge >= 0.3 is 12.1 Å². The van der Waals surface area contributed by atoms with Crippen molar-refractivity contribution in [2.45, 2.75) is 6.18 Å². The summed E-state index contributed by atoms with van der Waals surface area (Å²) in [6.45, 7) is -2.51. The quantitative estimate of drug-likeness (QED) is 0.361. The fraction of sp³-hybridized carbons (Fsp3) is 0.273. The molecular formula is C11H10F3N3O5. The number of hydrogen-bond donors (Lipinski definition) is 2. The van der Waals surface area contributed by atoms with E-state index in [-0.39, 0.29) is 11.3 Å². The van der Waals surface area contributed by atoms with Gasteiger partial charge in [0, 0.05) is 6.07 Å². The van der Waals surface area contributed by atoms with Crippen molar-refractivity contribution in [3.8, 4) is 0 Å². The first-order valence-corrected chi connectivity index (χ1v) is 5.64. The van der Waals surface area contributed by atoms with Crippen LogP contribution in [-0.2, 0) is 9.53 Å². The third-order valence-electron chi connectivity index (χ3n) is 2.28. The lowest BCUT2D eigenvalue weighted by Gasteiger charge is -2.09. The molecule has 0 saturated carbocycles. The van der Waals surface area contributed by atoms with Gasteiger partial charge in [-0.2, -0.15) is 13.2 Å². The molecule has 0 bridgehead atoms. The Morgan fingerprint density at radius 1 is 1.36 bits per heavy atom. The van der Waals surface area contributed by atoms with Gasteiger partial charge in [0.1, 0.15) is 12.2 Å². The number of amides is 1. The van der Waals surface area contributed by atoms with Crippen LogP contribution in [0.25, 0.3) is 0 Å². The number of nitro groups is 1. The van der Waals surface area contributed by atoms with Crippen molar-refractivity contribution < 1.29 is 32.4 Å². The summed E-state index contributed by atoms with van der Waals surface area (Å²) in [5, 5.41) is 12.1. The number of nitro benzene ring substituents is 1. The third kappa shape index (κ3) is 5.26. The zero-order valence-electron chi connectivity index (χ0n) is 10.8. The van der Waals surface area contributed by atoms with Gasteiger partial charge in [0.15, 0.2) is 6.61 Å². The van der Waals surface area contributed by atoms with Crippen molar-refractivity contribution in [3.05, 3.63) is 33.9 Å². The Morgan fingerprint density at radius 3 is 2.55 bits per heavy atom. The molecule has 1 aromatic rings. The fourth-order valence-corrected chi connectivity index (χ4v) is 1.29. The van der Waals surface area contributed by atoms with Gasteiger partial charge in [-0.05, 0) is 12.1 Å². The molecule has 0 spiro atoms. The molecule has 1 amide bonds. The highest BCUT2D eigenvalue weighted by atomic mass is 19.4. The highest BCUT2D eigenvalue weighted by Crippen LogP contribution is 2.22. The van der Waals surface area contributed by atoms with Crippen molar-refractivity contribution in [3.63, 3.8) is 0 Å². The van der Waals surface area contributed by atoms with Gasteiger partial charge < -0.3 is 15.8 Å². The van der Waals surface area contributed by atoms with Gasteiger partial charge in [-0.15, -0.1) is 0 Å². The Bertz CT molecular complexity index is 603. The van der Waals surface area contributed by atoms with Gasteiger partial charge in [0.05, 0.1) is 10.5 Å². The molecule has 11 heteroatoms. The number of nitrogens with one attached hydrogen (secondary N) is 1. The lowest BCUT2D eigenvalue weighted by molar-refractivity contribution is -0.383. The van der Waals surface area contributed by atoms with Gasteiger partial charge in [-0.3, -0.25) is 14.9 Å².